The molecule has 0 aliphatic carbocycles. The summed E-state index contributed by atoms with van der Waals surface area (Å²) >= 11 is 2.15. The molecule has 0 N–H and O–H groups in total. The summed E-state index contributed by atoms with van der Waals surface area (Å²) in [7, 11) is 0. The third-order valence-electron chi connectivity index (χ3n) is 5.30. The van der Waals surface area contributed by atoms with Gasteiger partial charge in [0, 0.05) is 41.9 Å². The molecule has 1 aromatic heterocycles. The molecule has 3 heterocycles. The van der Waals surface area contributed by atoms with E-state index in [4.69, 9.17) is 4.98 Å². The molecule has 0 saturated carbocycles. The molecule has 3 heteroatoms. The number of hydrogen-bond donors (Lipinski definition) is 0. The monoisotopic (exact) mass is 332 g/mol. The SMILES string of the molecule is c1ccc2c(-c3ccc(CN4CC5CC4CS5)nc3)cccc2c1. The molecule has 0 amide bonds. The third kappa shape index (κ3) is 2.52. The van der Waals surface area contributed by atoms with E-state index in [9.17, 15) is 0 Å². The lowest BCUT2D eigenvalue weighted by Gasteiger charge is -2.25. The van der Waals surface area contributed by atoms with E-state index < -0.39 is 0 Å². The van der Waals surface area contributed by atoms with Gasteiger partial charge in [-0.25, -0.2) is 0 Å². The molecule has 0 radical (unpaired) electrons. The molecule has 2 fully saturated rings. The van der Waals surface area contributed by atoms with E-state index in [0.29, 0.717) is 0 Å². The normalized spacial score (nSPS) is 23.2. The molecule has 2 aliphatic rings. The standard InChI is InChI=1S/C21H20N2S/c1-2-6-20-15(4-1)5-3-7-21(20)16-8-9-17(22-11-16)12-23-13-19-10-18(23)14-24-19/h1-9,11,18-19H,10,12-14H2. The van der Waals surface area contributed by atoms with Crippen molar-refractivity contribution in [3.63, 3.8) is 0 Å². The Bertz CT molecular complexity index is 869. The maximum absolute atomic E-state index is 4.76. The Kier molecular flexibility index (Phi) is 3.57. The van der Waals surface area contributed by atoms with Crippen molar-refractivity contribution >= 4 is 22.5 Å². The molecule has 2 aliphatic heterocycles. The molecular weight excluding hydrogens is 312 g/mol. The highest BCUT2D eigenvalue weighted by Gasteiger charge is 2.38. The van der Waals surface area contributed by atoms with Gasteiger partial charge >= 0.3 is 0 Å². The van der Waals surface area contributed by atoms with Crippen molar-refractivity contribution in [1.29, 1.82) is 0 Å². The zero-order valence-electron chi connectivity index (χ0n) is 13.6. The Balaban J connectivity index is 1.41. The first-order valence-corrected chi connectivity index (χ1v) is 9.70. The Morgan fingerprint density at radius 2 is 1.96 bits per heavy atom. The molecule has 2 nitrogen and oxygen atoms in total. The minimum Gasteiger partial charge on any atom is -0.293 e. The fourth-order valence-corrected chi connectivity index (χ4v) is 5.53. The molecule has 5 rings (SSSR count). The smallest absolute Gasteiger partial charge is 0.0544 e. The Morgan fingerprint density at radius 3 is 2.75 bits per heavy atom. The lowest BCUT2D eigenvalue weighted by atomic mass is 9.99. The maximum Gasteiger partial charge on any atom is 0.0544 e. The molecular formula is C21H20N2S. The summed E-state index contributed by atoms with van der Waals surface area (Å²) in [6, 6.07) is 20.3. The van der Waals surface area contributed by atoms with Gasteiger partial charge in [-0.3, -0.25) is 9.88 Å². The fourth-order valence-electron chi connectivity index (χ4n) is 4.04. The van der Waals surface area contributed by atoms with Gasteiger partial charge in [-0.15, -0.1) is 0 Å². The maximum atomic E-state index is 4.76. The number of fused-ring (bicyclic) bond motifs is 3. The summed E-state index contributed by atoms with van der Waals surface area (Å²) in [5, 5.41) is 3.44. The highest BCUT2D eigenvalue weighted by atomic mass is 32.2. The summed E-state index contributed by atoms with van der Waals surface area (Å²) in [6.45, 7) is 2.24. The van der Waals surface area contributed by atoms with Gasteiger partial charge in [0.1, 0.15) is 0 Å². The van der Waals surface area contributed by atoms with Crippen molar-refractivity contribution in [1.82, 2.24) is 9.88 Å². The molecule has 2 aromatic carbocycles. The number of benzene rings is 2. The van der Waals surface area contributed by atoms with Crippen molar-refractivity contribution in [3.8, 4) is 11.1 Å². The van der Waals surface area contributed by atoms with Crippen molar-refractivity contribution in [2.45, 2.75) is 24.3 Å². The second-order valence-corrected chi connectivity index (χ2v) is 8.17. The first-order chi connectivity index (χ1) is 11.9. The van der Waals surface area contributed by atoms with Crippen LogP contribution in [0.3, 0.4) is 0 Å². The van der Waals surface area contributed by atoms with Gasteiger partial charge in [0.25, 0.3) is 0 Å². The van der Waals surface area contributed by atoms with Crippen LogP contribution >= 0.6 is 11.8 Å². The van der Waals surface area contributed by atoms with Crippen molar-refractivity contribution in [3.05, 3.63) is 66.5 Å². The number of thioether (sulfide) groups is 1. The summed E-state index contributed by atoms with van der Waals surface area (Å²) in [6.07, 6.45) is 3.42. The van der Waals surface area contributed by atoms with Crippen molar-refractivity contribution in [2.75, 3.05) is 12.3 Å². The van der Waals surface area contributed by atoms with E-state index in [2.05, 4.69) is 71.3 Å². The highest BCUT2D eigenvalue weighted by molar-refractivity contribution is 8.00. The van der Waals surface area contributed by atoms with Gasteiger partial charge in [0.2, 0.25) is 0 Å². The number of nitrogens with zero attached hydrogens (tertiary/aromatic N) is 2. The molecule has 2 atom stereocenters. The van der Waals surface area contributed by atoms with Gasteiger partial charge < -0.3 is 0 Å². The number of likely N-dealkylation sites (tertiary alicyclic amines) is 1. The summed E-state index contributed by atoms with van der Waals surface area (Å²) < 4.78 is 0. The van der Waals surface area contributed by atoms with E-state index in [1.807, 2.05) is 6.20 Å². The van der Waals surface area contributed by atoms with Crippen LogP contribution in [-0.2, 0) is 6.54 Å². The largest absolute Gasteiger partial charge is 0.293 e. The van der Waals surface area contributed by atoms with Crippen LogP contribution in [0.15, 0.2) is 60.8 Å². The molecule has 0 spiro atoms. The van der Waals surface area contributed by atoms with Gasteiger partial charge in [0.15, 0.2) is 0 Å². The molecule has 120 valence electrons. The van der Waals surface area contributed by atoms with Gasteiger partial charge in [0.05, 0.1) is 5.69 Å². The molecule has 2 bridgehead atoms. The van der Waals surface area contributed by atoms with E-state index in [1.165, 1.54) is 46.3 Å². The van der Waals surface area contributed by atoms with Gasteiger partial charge in [-0.05, 0) is 28.8 Å². The highest BCUT2D eigenvalue weighted by Crippen LogP contribution is 2.38. The van der Waals surface area contributed by atoms with Crippen LogP contribution in [0.1, 0.15) is 12.1 Å². The topological polar surface area (TPSA) is 16.1 Å². The second-order valence-electron chi connectivity index (χ2n) is 6.84. The van der Waals surface area contributed by atoms with E-state index in [1.54, 1.807) is 0 Å². The minimum absolute atomic E-state index is 0.777. The summed E-state index contributed by atoms with van der Waals surface area (Å²) in [4.78, 5) is 7.37. The van der Waals surface area contributed by atoms with E-state index in [0.717, 1.165) is 17.8 Å². The lowest BCUT2D eigenvalue weighted by Crippen LogP contribution is -2.33. The Morgan fingerprint density at radius 1 is 1.04 bits per heavy atom. The van der Waals surface area contributed by atoms with E-state index >= 15 is 0 Å². The zero-order chi connectivity index (χ0) is 15.9. The summed E-state index contributed by atoms with van der Waals surface area (Å²) in [5.41, 5.74) is 3.66. The summed E-state index contributed by atoms with van der Waals surface area (Å²) in [5.74, 6) is 1.30. The van der Waals surface area contributed by atoms with Crippen LogP contribution in [0.2, 0.25) is 0 Å². The molecule has 24 heavy (non-hydrogen) atoms. The van der Waals surface area contributed by atoms with Crippen LogP contribution in [-0.4, -0.2) is 33.5 Å². The molecule has 3 aromatic rings. The minimum atomic E-state index is 0.777. The van der Waals surface area contributed by atoms with Crippen LogP contribution in [0.5, 0.6) is 0 Å². The van der Waals surface area contributed by atoms with Crippen LogP contribution in [0, 0.1) is 0 Å². The van der Waals surface area contributed by atoms with Crippen molar-refractivity contribution in [2.24, 2.45) is 0 Å². The Hall–Kier alpha value is -1.84. The second kappa shape index (κ2) is 5.91. The predicted molar refractivity (Wildman–Crippen MR) is 102 cm³/mol. The predicted octanol–water partition coefficient (Wildman–Crippen LogP) is 4.59. The number of rotatable bonds is 3. The molecule has 2 saturated heterocycles. The quantitative estimate of drug-likeness (QED) is 0.698. The average Bonchev–Trinajstić information content (AvgIpc) is 3.25. The number of hydrogen-bond acceptors (Lipinski definition) is 3. The first kappa shape index (κ1) is 14.5. The van der Waals surface area contributed by atoms with Crippen LogP contribution in [0.4, 0.5) is 0 Å². The van der Waals surface area contributed by atoms with Gasteiger partial charge in [-0.2, -0.15) is 11.8 Å². The van der Waals surface area contributed by atoms with Crippen LogP contribution in [0.25, 0.3) is 21.9 Å². The zero-order valence-corrected chi connectivity index (χ0v) is 14.4. The van der Waals surface area contributed by atoms with Gasteiger partial charge in [-0.1, -0.05) is 48.5 Å². The van der Waals surface area contributed by atoms with Crippen molar-refractivity contribution < 1.29 is 0 Å². The molecule has 2 unspecified atom stereocenters. The van der Waals surface area contributed by atoms with E-state index in [-0.39, 0.29) is 0 Å². The fraction of sp³-hybridized carbons (Fsp3) is 0.286. The number of aromatic nitrogens is 1. The average molecular weight is 332 g/mol. The van der Waals surface area contributed by atoms with Crippen LogP contribution < -0.4 is 0 Å². The third-order valence-corrected chi connectivity index (χ3v) is 6.69. The number of pyridine rings is 1. The lowest BCUT2D eigenvalue weighted by molar-refractivity contribution is 0.258. The Labute approximate surface area is 146 Å². The first-order valence-electron chi connectivity index (χ1n) is 8.65.